The zero-order valence-corrected chi connectivity index (χ0v) is 17.0. The summed E-state index contributed by atoms with van der Waals surface area (Å²) in [5.74, 6) is 0. The Balaban J connectivity index is 1.57. The summed E-state index contributed by atoms with van der Waals surface area (Å²) in [5, 5.41) is 7.87. The summed E-state index contributed by atoms with van der Waals surface area (Å²) < 4.78 is 0. The molecular weight excluding hydrogens is 362 g/mol. The van der Waals surface area contributed by atoms with Crippen LogP contribution >= 0.6 is 23.8 Å². The normalized spacial score (nSPS) is 15.4. The zero-order valence-electron chi connectivity index (χ0n) is 15.4. The maximum absolute atomic E-state index is 6.17. The molecule has 1 aliphatic heterocycles. The van der Waals surface area contributed by atoms with Crippen LogP contribution in [0.4, 0.5) is 11.4 Å². The molecule has 0 aromatic heterocycles. The molecule has 2 aromatic rings. The predicted molar refractivity (Wildman–Crippen MR) is 116 cm³/mol. The van der Waals surface area contributed by atoms with E-state index in [1.165, 1.54) is 43.6 Å². The highest BCUT2D eigenvalue weighted by molar-refractivity contribution is 7.80. The molecule has 0 aliphatic carbocycles. The summed E-state index contributed by atoms with van der Waals surface area (Å²) in [6.07, 6.45) is 3.94. The van der Waals surface area contributed by atoms with Crippen LogP contribution in [0.1, 0.15) is 43.4 Å². The Morgan fingerprint density at radius 1 is 1.08 bits per heavy atom. The first-order valence-corrected chi connectivity index (χ1v) is 10.00. The number of thiocarbonyl (C=S) groups is 1. The van der Waals surface area contributed by atoms with E-state index in [1.807, 2.05) is 25.1 Å². The number of rotatable bonds is 4. The van der Waals surface area contributed by atoms with Crippen LogP contribution < -0.4 is 15.5 Å². The van der Waals surface area contributed by atoms with Crippen molar-refractivity contribution in [1.82, 2.24) is 5.32 Å². The molecule has 3 nitrogen and oxygen atoms in total. The molecule has 2 N–H and O–H groups in total. The van der Waals surface area contributed by atoms with E-state index in [2.05, 4.69) is 46.7 Å². The van der Waals surface area contributed by atoms with E-state index in [-0.39, 0.29) is 6.04 Å². The maximum atomic E-state index is 6.17. The van der Waals surface area contributed by atoms with Gasteiger partial charge in [0.05, 0.1) is 6.04 Å². The summed E-state index contributed by atoms with van der Waals surface area (Å²) in [6, 6.07) is 14.8. The Bertz CT molecular complexity index is 754. The molecule has 26 heavy (non-hydrogen) atoms. The van der Waals surface area contributed by atoms with E-state index in [9.17, 15) is 0 Å². The Kier molecular flexibility index (Phi) is 6.38. The first-order valence-electron chi connectivity index (χ1n) is 9.21. The number of nitrogens with zero attached hydrogens (tertiary/aromatic N) is 1. The standard InChI is InChI=1S/C21H26ClN3S/c1-15-6-9-18(14-20(15)22)24-21(26)23-16(2)17-7-10-19(11-8-17)25-12-4-3-5-13-25/h6-11,14,16H,3-5,12-13H2,1-2H3,(H2,23,24,26)/t16-/m0/s1. The van der Waals surface area contributed by atoms with Gasteiger partial charge < -0.3 is 15.5 Å². The Morgan fingerprint density at radius 2 is 1.77 bits per heavy atom. The third-order valence-corrected chi connectivity index (χ3v) is 5.52. The fourth-order valence-corrected chi connectivity index (χ4v) is 3.72. The maximum Gasteiger partial charge on any atom is 0.171 e. The zero-order chi connectivity index (χ0) is 18.5. The number of hydrogen-bond acceptors (Lipinski definition) is 2. The Morgan fingerprint density at radius 3 is 2.42 bits per heavy atom. The van der Waals surface area contributed by atoms with Gasteiger partial charge in [-0.2, -0.15) is 0 Å². The second kappa shape index (κ2) is 8.74. The van der Waals surface area contributed by atoms with Crippen LogP contribution in [0.25, 0.3) is 0 Å². The number of anilines is 2. The minimum absolute atomic E-state index is 0.131. The fourth-order valence-electron chi connectivity index (χ4n) is 3.24. The molecule has 1 heterocycles. The number of aryl methyl sites for hydroxylation is 1. The lowest BCUT2D eigenvalue weighted by Gasteiger charge is -2.29. The van der Waals surface area contributed by atoms with Crippen molar-refractivity contribution < 1.29 is 0 Å². The molecule has 1 atom stereocenters. The molecule has 1 fully saturated rings. The summed E-state index contributed by atoms with van der Waals surface area (Å²) in [4.78, 5) is 2.47. The van der Waals surface area contributed by atoms with Gasteiger partial charge in [-0.1, -0.05) is 29.8 Å². The lowest BCUT2D eigenvalue weighted by molar-refractivity contribution is 0.577. The molecule has 5 heteroatoms. The van der Waals surface area contributed by atoms with E-state index in [0.29, 0.717) is 5.11 Å². The van der Waals surface area contributed by atoms with Crippen molar-refractivity contribution in [2.45, 2.75) is 39.2 Å². The highest BCUT2D eigenvalue weighted by Crippen LogP contribution is 2.23. The van der Waals surface area contributed by atoms with Crippen LogP contribution in [0.3, 0.4) is 0 Å². The van der Waals surface area contributed by atoms with Crippen molar-refractivity contribution in [3.05, 3.63) is 58.6 Å². The lowest BCUT2D eigenvalue weighted by Crippen LogP contribution is -2.31. The smallest absolute Gasteiger partial charge is 0.171 e. The van der Waals surface area contributed by atoms with Crippen LogP contribution in [0.15, 0.2) is 42.5 Å². The fraction of sp³-hybridized carbons (Fsp3) is 0.381. The highest BCUT2D eigenvalue weighted by atomic mass is 35.5. The third kappa shape index (κ3) is 4.89. The molecule has 2 aromatic carbocycles. The van der Waals surface area contributed by atoms with Crippen LogP contribution in [-0.4, -0.2) is 18.2 Å². The first-order chi connectivity index (χ1) is 12.5. The van der Waals surface area contributed by atoms with Crippen LogP contribution in [-0.2, 0) is 0 Å². The van der Waals surface area contributed by atoms with Gasteiger partial charge in [0.1, 0.15) is 0 Å². The Labute approximate surface area is 166 Å². The molecule has 1 aliphatic rings. The van der Waals surface area contributed by atoms with Gasteiger partial charge in [-0.25, -0.2) is 0 Å². The third-order valence-electron chi connectivity index (χ3n) is 4.89. The molecule has 1 saturated heterocycles. The number of piperidine rings is 1. The van der Waals surface area contributed by atoms with E-state index in [1.54, 1.807) is 0 Å². The quantitative estimate of drug-likeness (QED) is 0.659. The van der Waals surface area contributed by atoms with Gasteiger partial charge in [0.25, 0.3) is 0 Å². The molecule has 0 saturated carbocycles. The van der Waals surface area contributed by atoms with Crippen molar-refractivity contribution in [2.24, 2.45) is 0 Å². The van der Waals surface area contributed by atoms with Gasteiger partial charge in [0.15, 0.2) is 5.11 Å². The first kappa shape index (κ1) is 19.0. The van der Waals surface area contributed by atoms with Gasteiger partial charge in [0, 0.05) is 29.5 Å². The van der Waals surface area contributed by atoms with Crippen molar-refractivity contribution in [3.8, 4) is 0 Å². The van der Waals surface area contributed by atoms with Gasteiger partial charge in [0.2, 0.25) is 0 Å². The lowest BCUT2D eigenvalue weighted by atomic mass is 10.1. The number of benzene rings is 2. The average Bonchev–Trinajstić information content (AvgIpc) is 2.65. The van der Waals surface area contributed by atoms with Crippen LogP contribution in [0.5, 0.6) is 0 Å². The molecule has 0 unspecified atom stereocenters. The van der Waals surface area contributed by atoms with Gasteiger partial charge in [-0.05, 0) is 80.7 Å². The van der Waals surface area contributed by atoms with Gasteiger partial charge >= 0.3 is 0 Å². The minimum atomic E-state index is 0.131. The predicted octanol–water partition coefficient (Wildman–Crippen LogP) is 5.69. The topological polar surface area (TPSA) is 27.3 Å². The molecule has 0 spiro atoms. The second-order valence-electron chi connectivity index (χ2n) is 6.92. The number of hydrogen-bond donors (Lipinski definition) is 2. The minimum Gasteiger partial charge on any atom is -0.372 e. The van der Waals surface area contributed by atoms with E-state index in [0.717, 1.165) is 16.3 Å². The van der Waals surface area contributed by atoms with Crippen molar-refractivity contribution in [2.75, 3.05) is 23.3 Å². The highest BCUT2D eigenvalue weighted by Gasteiger charge is 2.12. The summed E-state index contributed by atoms with van der Waals surface area (Å²) >= 11 is 11.6. The van der Waals surface area contributed by atoms with Crippen molar-refractivity contribution >= 4 is 40.3 Å². The molecule has 138 valence electrons. The molecule has 3 rings (SSSR count). The summed E-state index contributed by atoms with van der Waals surface area (Å²) in [5.41, 5.74) is 4.48. The average molecular weight is 388 g/mol. The molecule has 0 bridgehead atoms. The SMILES string of the molecule is Cc1ccc(NC(=S)N[C@@H](C)c2ccc(N3CCCCC3)cc2)cc1Cl. The number of halogens is 1. The molecule has 0 amide bonds. The monoisotopic (exact) mass is 387 g/mol. The summed E-state index contributed by atoms with van der Waals surface area (Å²) in [7, 11) is 0. The second-order valence-corrected chi connectivity index (χ2v) is 7.74. The van der Waals surface area contributed by atoms with E-state index in [4.69, 9.17) is 23.8 Å². The summed E-state index contributed by atoms with van der Waals surface area (Å²) in [6.45, 7) is 6.44. The molecule has 0 radical (unpaired) electrons. The molecular formula is C21H26ClN3S. The van der Waals surface area contributed by atoms with Crippen LogP contribution in [0, 0.1) is 6.92 Å². The number of nitrogens with one attached hydrogen (secondary N) is 2. The Hall–Kier alpha value is -1.78. The van der Waals surface area contributed by atoms with Gasteiger partial charge in [-0.15, -0.1) is 0 Å². The van der Waals surface area contributed by atoms with Gasteiger partial charge in [-0.3, -0.25) is 0 Å². The largest absolute Gasteiger partial charge is 0.372 e. The van der Waals surface area contributed by atoms with Crippen molar-refractivity contribution in [3.63, 3.8) is 0 Å². The van der Waals surface area contributed by atoms with Crippen molar-refractivity contribution in [1.29, 1.82) is 0 Å². The van der Waals surface area contributed by atoms with E-state index < -0.39 is 0 Å². The van der Waals surface area contributed by atoms with E-state index >= 15 is 0 Å². The van der Waals surface area contributed by atoms with Crippen LogP contribution in [0.2, 0.25) is 5.02 Å².